The summed E-state index contributed by atoms with van der Waals surface area (Å²) in [5.41, 5.74) is 2.90. The number of hydrogen-bond donors (Lipinski definition) is 1. The normalized spacial score (nSPS) is 26.3. The highest BCUT2D eigenvalue weighted by molar-refractivity contribution is 5.73. The summed E-state index contributed by atoms with van der Waals surface area (Å²) >= 11 is 0. The molecule has 0 aliphatic heterocycles. The fourth-order valence-corrected chi connectivity index (χ4v) is 5.98. The van der Waals surface area contributed by atoms with Crippen molar-refractivity contribution in [3.63, 3.8) is 0 Å². The first-order chi connectivity index (χ1) is 12.7. The number of ether oxygens (including phenoxy) is 2. The summed E-state index contributed by atoms with van der Waals surface area (Å²) in [5.74, 6) is 1.21. The van der Waals surface area contributed by atoms with Crippen LogP contribution in [0.1, 0.15) is 82.4 Å². The molecule has 1 N–H and O–H groups in total. The highest BCUT2D eigenvalue weighted by Gasteiger charge is 2.55. The predicted molar refractivity (Wildman–Crippen MR) is 107 cm³/mol. The zero-order valence-corrected chi connectivity index (χ0v) is 17.6. The summed E-state index contributed by atoms with van der Waals surface area (Å²) in [6.07, 6.45) is 5.40. The van der Waals surface area contributed by atoms with Crippen molar-refractivity contribution in [2.75, 3.05) is 14.2 Å². The first kappa shape index (κ1) is 20.0. The minimum absolute atomic E-state index is 0.125. The molecule has 2 unspecified atom stereocenters. The Kier molecular flexibility index (Phi) is 5.22. The van der Waals surface area contributed by atoms with Gasteiger partial charge in [0.2, 0.25) is 0 Å². The van der Waals surface area contributed by atoms with Crippen LogP contribution in [0.15, 0.2) is 6.07 Å². The molecule has 2 atom stereocenters. The molecule has 0 radical (unpaired) electrons. The largest absolute Gasteiger partial charge is 0.504 e. The van der Waals surface area contributed by atoms with Gasteiger partial charge in [0.25, 0.3) is 0 Å². The molecule has 150 valence electrons. The highest BCUT2D eigenvalue weighted by atomic mass is 16.5. The zero-order valence-electron chi connectivity index (χ0n) is 17.6. The molecule has 2 aliphatic carbocycles. The van der Waals surface area contributed by atoms with Gasteiger partial charge in [0, 0.05) is 16.5 Å². The van der Waals surface area contributed by atoms with Crippen molar-refractivity contribution in [1.82, 2.24) is 0 Å². The van der Waals surface area contributed by atoms with Crippen LogP contribution in [-0.2, 0) is 21.4 Å². The lowest BCUT2D eigenvalue weighted by Gasteiger charge is -2.55. The smallest absolute Gasteiger partial charge is 0.306 e. The summed E-state index contributed by atoms with van der Waals surface area (Å²) < 4.78 is 10.7. The molecule has 1 fully saturated rings. The average Bonchev–Trinajstić information content (AvgIpc) is 2.60. The molecule has 1 aromatic carbocycles. The lowest BCUT2D eigenvalue weighted by atomic mass is 9.48. The van der Waals surface area contributed by atoms with Crippen LogP contribution in [-0.4, -0.2) is 25.3 Å². The van der Waals surface area contributed by atoms with Gasteiger partial charge in [-0.3, -0.25) is 4.79 Å². The van der Waals surface area contributed by atoms with E-state index in [2.05, 4.69) is 33.8 Å². The molecule has 3 rings (SSSR count). The van der Waals surface area contributed by atoms with E-state index in [1.807, 2.05) is 0 Å². The summed E-state index contributed by atoms with van der Waals surface area (Å²) in [6.45, 7) is 8.85. The maximum Gasteiger partial charge on any atom is 0.306 e. The number of aromatic hydroxyl groups is 1. The van der Waals surface area contributed by atoms with Crippen molar-refractivity contribution in [3.05, 3.63) is 22.8 Å². The van der Waals surface area contributed by atoms with Crippen LogP contribution >= 0.6 is 0 Å². The second-order valence-corrected chi connectivity index (χ2v) is 9.38. The fraction of sp³-hybridized carbons (Fsp3) is 0.696. The molecule has 4 heteroatoms. The number of carbonyl (C=O) groups is 1. The minimum Gasteiger partial charge on any atom is -0.504 e. The van der Waals surface area contributed by atoms with Gasteiger partial charge in [0.1, 0.15) is 0 Å². The van der Waals surface area contributed by atoms with E-state index in [1.54, 1.807) is 7.11 Å². The molecule has 0 saturated heterocycles. The van der Waals surface area contributed by atoms with E-state index in [4.69, 9.17) is 9.47 Å². The molecule has 0 bridgehead atoms. The van der Waals surface area contributed by atoms with Crippen LogP contribution in [0, 0.1) is 11.3 Å². The minimum atomic E-state index is -0.380. The van der Waals surface area contributed by atoms with Crippen molar-refractivity contribution < 1.29 is 19.4 Å². The van der Waals surface area contributed by atoms with Crippen LogP contribution < -0.4 is 4.74 Å². The van der Waals surface area contributed by atoms with Crippen LogP contribution in [0.2, 0.25) is 0 Å². The van der Waals surface area contributed by atoms with Crippen LogP contribution in [0.25, 0.3) is 0 Å². The number of phenolic OH excluding ortho intramolecular Hbond substituents is 1. The third kappa shape index (κ3) is 3.11. The number of methoxy groups -OCH3 is 2. The summed E-state index contributed by atoms with van der Waals surface area (Å²) in [4.78, 5) is 12.5. The fourth-order valence-electron chi connectivity index (χ4n) is 5.98. The number of aryl methyl sites for hydroxylation is 1. The van der Waals surface area contributed by atoms with Crippen molar-refractivity contribution >= 4 is 5.97 Å². The number of hydrogen-bond acceptors (Lipinski definition) is 4. The van der Waals surface area contributed by atoms with E-state index in [1.165, 1.54) is 12.7 Å². The topological polar surface area (TPSA) is 55.8 Å². The Hall–Kier alpha value is -1.71. The number of carbonyl (C=O) groups excluding carboxylic acids is 1. The molecule has 4 nitrogen and oxygen atoms in total. The second kappa shape index (κ2) is 7.03. The standard InChI is InChI=1S/C23H34O4/c1-14(2)16-12-15-8-9-17-22(3,4)10-7-11-23(17,13-18(24)26-5)19(15)20(25)21(16)27-6/h12,14,17,25H,7-11,13H2,1-6H3. The Morgan fingerprint density at radius 2 is 2.00 bits per heavy atom. The number of phenols is 1. The molecular formula is C23H34O4. The van der Waals surface area contributed by atoms with Crippen molar-refractivity contribution in [2.45, 2.75) is 77.6 Å². The van der Waals surface area contributed by atoms with Gasteiger partial charge in [-0.1, -0.05) is 40.2 Å². The highest BCUT2D eigenvalue weighted by Crippen LogP contribution is 2.62. The Bertz CT molecular complexity index is 734. The molecule has 0 aromatic heterocycles. The Morgan fingerprint density at radius 3 is 2.59 bits per heavy atom. The summed E-state index contributed by atoms with van der Waals surface area (Å²) in [5, 5.41) is 11.3. The molecule has 0 amide bonds. The van der Waals surface area contributed by atoms with Gasteiger partial charge in [-0.25, -0.2) is 0 Å². The van der Waals surface area contributed by atoms with Crippen molar-refractivity contribution in [3.8, 4) is 11.5 Å². The van der Waals surface area contributed by atoms with Crippen molar-refractivity contribution in [1.29, 1.82) is 0 Å². The monoisotopic (exact) mass is 374 g/mol. The second-order valence-electron chi connectivity index (χ2n) is 9.38. The SMILES string of the molecule is COC(=O)CC12CCCC(C)(C)C1CCc1cc(C(C)C)c(OC)c(O)c12. The summed E-state index contributed by atoms with van der Waals surface area (Å²) in [7, 11) is 3.07. The third-order valence-corrected chi connectivity index (χ3v) is 7.13. The van der Waals surface area contributed by atoms with Gasteiger partial charge in [-0.05, 0) is 48.5 Å². The number of rotatable bonds is 4. The molecule has 2 aliphatic rings. The number of fused-ring (bicyclic) bond motifs is 3. The Labute approximate surface area is 163 Å². The quantitative estimate of drug-likeness (QED) is 0.745. The molecule has 27 heavy (non-hydrogen) atoms. The first-order valence-corrected chi connectivity index (χ1v) is 10.2. The van der Waals surface area contributed by atoms with Gasteiger partial charge < -0.3 is 14.6 Å². The molecule has 1 aromatic rings. The van der Waals surface area contributed by atoms with E-state index >= 15 is 0 Å². The van der Waals surface area contributed by atoms with Gasteiger partial charge in [-0.2, -0.15) is 0 Å². The van der Waals surface area contributed by atoms with Gasteiger partial charge in [0.05, 0.1) is 20.6 Å². The van der Waals surface area contributed by atoms with E-state index in [0.717, 1.165) is 43.2 Å². The molecule has 1 saturated carbocycles. The average molecular weight is 375 g/mol. The number of esters is 1. The molecule has 0 spiro atoms. The Morgan fingerprint density at radius 1 is 1.30 bits per heavy atom. The lowest BCUT2D eigenvalue weighted by molar-refractivity contribution is -0.144. The first-order valence-electron chi connectivity index (χ1n) is 10.2. The lowest BCUT2D eigenvalue weighted by Crippen LogP contribution is -2.51. The van der Waals surface area contributed by atoms with E-state index in [-0.39, 0.29) is 28.5 Å². The van der Waals surface area contributed by atoms with Crippen LogP contribution in [0.5, 0.6) is 11.5 Å². The van der Waals surface area contributed by atoms with Gasteiger partial charge >= 0.3 is 5.97 Å². The van der Waals surface area contributed by atoms with E-state index < -0.39 is 0 Å². The third-order valence-electron chi connectivity index (χ3n) is 7.13. The van der Waals surface area contributed by atoms with Crippen molar-refractivity contribution in [2.24, 2.45) is 11.3 Å². The maximum absolute atomic E-state index is 12.5. The predicted octanol–water partition coefficient (Wildman–Crippen LogP) is 5.10. The van der Waals surface area contributed by atoms with Gasteiger partial charge in [-0.15, -0.1) is 0 Å². The summed E-state index contributed by atoms with van der Waals surface area (Å²) in [6, 6.07) is 2.20. The van der Waals surface area contributed by atoms with E-state index in [9.17, 15) is 9.90 Å². The van der Waals surface area contributed by atoms with Crippen LogP contribution in [0.3, 0.4) is 0 Å². The maximum atomic E-state index is 12.5. The number of benzene rings is 1. The Balaban J connectivity index is 2.28. The van der Waals surface area contributed by atoms with Gasteiger partial charge in [0.15, 0.2) is 11.5 Å². The van der Waals surface area contributed by atoms with Crippen LogP contribution in [0.4, 0.5) is 0 Å². The molecule has 0 heterocycles. The van der Waals surface area contributed by atoms with E-state index in [0.29, 0.717) is 18.1 Å². The molecular weight excluding hydrogens is 340 g/mol. The zero-order chi connectivity index (χ0) is 20.0.